The lowest BCUT2D eigenvalue weighted by Crippen LogP contribution is -2.27. The van der Waals surface area contributed by atoms with Crippen molar-refractivity contribution in [3.05, 3.63) is 29.8 Å². The van der Waals surface area contributed by atoms with E-state index in [-0.39, 0.29) is 23.2 Å². The van der Waals surface area contributed by atoms with Crippen molar-refractivity contribution >= 4 is 9.84 Å². The van der Waals surface area contributed by atoms with Crippen molar-refractivity contribution < 1.29 is 18.6 Å². The van der Waals surface area contributed by atoms with Gasteiger partial charge in [-0.1, -0.05) is 12.1 Å². The fourth-order valence-electron chi connectivity index (χ4n) is 2.17. The number of phenolic OH excluding ortho intramolecular Hbond substituents is 1. The van der Waals surface area contributed by atoms with Gasteiger partial charge in [-0.15, -0.1) is 0 Å². The van der Waals surface area contributed by atoms with Crippen LogP contribution in [0, 0.1) is 5.92 Å². The van der Waals surface area contributed by atoms with E-state index in [0.717, 1.165) is 5.56 Å². The van der Waals surface area contributed by atoms with Crippen LogP contribution in [0.5, 0.6) is 5.75 Å². The SMILES string of the molecule is O=S1(=O)CCC(C(O)c2ccc(O)cc2)CC1. The van der Waals surface area contributed by atoms with Gasteiger partial charge in [0.1, 0.15) is 15.6 Å². The summed E-state index contributed by atoms with van der Waals surface area (Å²) in [5, 5.41) is 19.3. The van der Waals surface area contributed by atoms with E-state index in [1.807, 2.05) is 0 Å². The highest BCUT2D eigenvalue weighted by Crippen LogP contribution is 2.31. The van der Waals surface area contributed by atoms with Crippen LogP contribution in [0.1, 0.15) is 24.5 Å². The molecule has 4 nitrogen and oxygen atoms in total. The van der Waals surface area contributed by atoms with Crippen molar-refractivity contribution in [2.75, 3.05) is 11.5 Å². The molecule has 0 radical (unpaired) electrons. The Morgan fingerprint density at radius 3 is 2.18 bits per heavy atom. The first-order valence-electron chi connectivity index (χ1n) is 5.65. The number of aromatic hydroxyl groups is 1. The molecule has 0 aromatic heterocycles. The topological polar surface area (TPSA) is 74.6 Å². The normalized spacial score (nSPS) is 22.2. The summed E-state index contributed by atoms with van der Waals surface area (Å²) in [5.41, 5.74) is 0.729. The predicted octanol–water partition coefficient (Wildman–Crippen LogP) is 1.25. The van der Waals surface area contributed by atoms with Crippen molar-refractivity contribution in [3.63, 3.8) is 0 Å². The molecule has 1 aliphatic rings. The van der Waals surface area contributed by atoms with E-state index in [2.05, 4.69) is 0 Å². The van der Waals surface area contributed by atoms with Crippen LogP contribution in [0.25, 0.3) is 0 Å². The van der Waals surface area contributed by atoms with Gasteiger partial charge in [0, 0.05) is 0 Å². The maximum atomic E-state index is 11.3. The zero-order valence-electron chi connectivity index (χ0n) is 9.41. The van der Waals surface area contributed by atoms with Crippen molar-refractivity contribution in [2.45, 2.75) is 18.9 Å². The Morgan fingerprint density at radius 2 is 1.65 bits per heavy atom. The van der Waals surface area contributed by atoms with Crippen molar-refractivity contribution in [1.29, 1.82) is 0 Å². The molecule has 0 saturated carbocycles. The molecule has 94 valence electrons. The second-order valence-electron chi connectivity index (χ2n) is 4.53. The number of hydrogen-bond donors (Lipinski definition) is 2. The Kier molecular flexibility index (Phi) is 3.40. The highest BCUT2D eigenvalue weighted by atomic mass is 32.2. The number of benzene rings is 1. The average Bonchev–Trinajstić information content (AvgIpc) is 2.29. The molecule has 0 bridgehead atoms. The molecule has 1 saturated heterocycles. The first-order chi connectivity index (χ1) is 7.98. The van der Waals surface area contributed by atoms with Gasteiger partial charge in [0.25, 0.3) is 0 Å². The van der Waals surface area contributed by atoms with E-state index < -0.39 is 15.9 Å². The second-order valence-corrected chi connectivity index (χ2v) is 6.83. The molecule has 1 heterocycles. The number of sulfone groups is 1. The van der Waals surface area contributed by atoms with E-state index in [9.17, 15) is 13.5 Å². The van der Waals surface area contributed by atoms with E-state index in [4.69, 9.17) is 5.11 Å². The van der Waals surface area contributed by atoms with Crippen LogP contribution in [0.2, 0.25) is 0 Å². The number of aliphatic hydroxyl groups is 1. The Morgan fingerprint density at radius 1 is 1.12 bits per heavy atom. The average molecular weight is 256 g/mol. The number of phenols is 1. The lowest BCUT2D eigenvalue weighted by molar-refractivity contribution is 0.102. The van der Waals surface area contributed by atoms with E-state index in [1.54, 1.807) is 12.1 Å². The zero-order chi connectivity index (χ0) is 12.5. The van der Waals surface area contributed by atoms with Crippen molar-refractivity contribution in [1.82, 2.24) is 0 Å². The quantitative estimate of drug-likeness (QED) is 0.835. The molecule has 1 fully saturated rings. The Bertz CT molecular complexity index is 464. The molecule has 0 spiro atoms. The first-order valence-corrected chi connectivity index (χ1v) is 7.47. The Hall–Kier alpha value is -1.07. The van der Waals surface area contributed by atoms with E-state index in [1.165, 1.54) is 12.1 Å². The third-order valence-corrected chi connectivity index (χ3v) is 5.00. The van der Waals surface area contributed by atoms with E-state index >= 15 is 0 Å². The lowest BCUT2D eigenvalue weighted by atomic mass is 9.91. The van der Waals surface area contributed by atoms with Crippen LogP contribution in [0.4, 0.5) is 0 Å². The summed E-state index contributed by atoms with van der Waals surface area (Å²) in [6, 6.07) is 6.39. The summed E-state index contributed by atoms with van der Waals surface area (Å²) in [5.74, 6) is 0.467. The highest BCUT2D eigenvalue weighted by Gasteiger charge is 2.29. The monoisotopic (exact) mass is 256 g/mol. The van der Waals surface area contributed by atoms with E-state index in [0.29, 0.717) is 12.8 Å². The second kappa shape index (κ2) is 4.66. The molecule has 0 amide bonds. The van der Waals surface area contributed by atoms with Gasteiger partial charge in [0.05, 0.1) is 17.6 Å². The van der Waals surface area contributed by atoms with Gasteiger partial charge in [-0.25, -0.2) is 8.42 Å². The molecule has 17 heavy (non-hydrogen) atoms. The van der Waals surface area contributed by atoms with Gasteiger partial charge in [0.2, 0.25) is 0 Å². The lowest BCUT2D eigenvalue weighted by Gasteiger charge is -2.26. The zero-order valence-corrected chi connectivity index (χ0v) is 10.2. The van der Waals surface area contributed by atoms with Gasteiger partial charge >= 0.3 is 0 Å². The predicted molar refractivity (Wildman–Crippen MR) is 64.4 cm³/mol. The minimum Gasteiger partial charge on any atom is -0.508 e. The third kappa shape index (κ3) is 2.98. The van der Waals surface area contributed by atoms with Crippen molar-refractivity contribution in [3.8, 4) is 5.75 Å². The summed E-state index contributed by atoms with van der Waals surface area (Å²) in [4.78, 5) is 0. The molecule has 1 aromatic rings. The summed E-state index contributed by atoms with van der Waals surface area (Å²) in [7, 11) is -2.89. The summed E-state index contributed by atoms with van der Waals surface area (Å²) < 4.78 is 22.6. The van der Waals surface area contributed by atoms with Crippen LogP contribution in [0.3, 0.4) is 0 Å². The summed E-state index contributed by atoms with van der Waals surface area (Å²) in [6.45, 7) is 0. The molecule has 1 atom stereocenters. The minimum atomic E-state index is -2.89. The standard InChI is InChI=1S/C12H16O4S/c13-11-3-1-9(2-4-11)12(14)10-5-7-17(15,16)8-6-10/h1-4,10,12-14H,5-8H2. The van der Waals surface area contributed by atoms with Gasteiger partial charge in [-0.3, -0.25) is 0 Å². The fraction of sp³-hybridized carbons (Fsp3) is 0.500. The molecule has 1 aromatic carbocycles. The Balaban J connectivity index is 2.06. The van der Waals surface area contributed by atoms with Crippen LogP contribution in [-0.2, 0) is 9.84 Å². The number of aliphatic hydroxyl groups excluding tert-OH is 1. The summed E-state index contributed by atoms with van der Waals surface area (Å²) >= 11 is 0. The van der Waals surface area contributed by atoms with Crippen LogP contribution in [0.15, 0.2) is 24.3 Å². The molecule has 1 unspecified atom stereocenters. The minimum absolute atomic E-state index is 0.0110. The molecule has 0 aliphatic carbocycles. The maximum absolute atomic E-state index is 11.3. The summed E-state index contributed by atoms with van der Waals surface area (Å²) in [6.07, 6.45) is 0.362. The van der Waals surface area contributed by atoms with Gasteiger partial charge < -0.3 is 10.2 Å². The number of hydrogen-bond acceptors (Lipinski definition) is 4. The smallest absolute Gasteiger partial charge is 0.150 e. The van der Waals surface area contributed by atoms with Crippen LogP contribution in [-0.4, -0.2) is 30.1 Å². The molecule has 2 N–H and O–H groups in total. The maximum Gasteiger partial charge on any atom is 0.150 e. The van der Waals surface area contributed by atoms with Gasteiger partial charge in [-0.2, -0.15) is 0 Å². The van der Waals surface area contributed by atoms with Crippen molar-refractivity contribution in [2.24, 2.45) is 5.92 Å². The number of rotatable bonds is 2. The largest absolute Gasteiger partial charge is 0.508 e. The third-order valence-electron chi connectivity index (χ3n) is 3.28. The molecular formula is C12H16O4S. The van der Waals surface area contributed by atoms with Crippen LogP contribution >= 0.6 is 0 Å². The molecule has 1 aliphatic heterocycles. The first kappa shape index (κ1) is 12.4. The molecular weight excluding hydrogens is 240 g/mol. The van der Waals surface area contributed by atoms with Gasteiger partial charge in [0.15, 0.2) is 0 Å². The van der Waals surface area contributed by atoms with Crippen LogP contribution < -0.4 is 0 Å². The Labute approximate surface area is 101 Å². The molecule has 2 rings (SSSR count). The van der Waals surface area contributed by atoms with Gasteiger partial charge in [-0.05, 0) is 36.5 Å². The highest BCUT2D eigenvalue weighted by molar-refractivity contribution is 7.91. The molecule has 5 heteroatoms. The fourth-order valence-corrected chi connectivity index (χ4v) is 3.70.